The highest BCUT2D eigenvalue weighted by Crippen LogP contribution is 2.21. The Balaban J connectivity index is 3.02. The van der Waals surface area contributed by atoms with Crippen molar-refractivity contribution in [2.24, 2.45) is 17.4 Å². The van der Waals surface area contributed by atoms with Gasteiger partial charge in [0.05, 0.1) is 6.04 Å². The van der Waals surface area contributed by atoms with Crippen LogP contribution >= 0.6 is 0 Å². The number of amides is 4. The summed E-state index contributed by atoms with van der Waals surface area (Å²) in [5, 5.41) is 14.5. The Morgan fingerprint density at radius 3 is 2.27 bits per heavy atom. The summed E-state index contributed by atoms with van der Waals surface area (Å²) in [5.74, 6) is -3.73. The van der Waals surface area contributed by atoms with Gasteiger partial charge in [0, 0.05) is 13.0 Å². The average molecular weight is 428 g/mol. The number of nitrogens with zero attached hydrogens (tertiary/aromatic N) is 1. The second-order valence-electron chi connectivity index (χ2n) is 7.75. The number of carboxylic acids is 1. The lowest BCUT2D eigenvalue weighted by molar-refractivity contribution is -0.150. The zero-order valence-corrected chi connectivity index (χ0v) is 17.7. The van der Waals surface area contributed by atoms with Gasteiger partial charge in [-0.25, -0.2) is 4.79 Å². The Morgan fingerprint density at radius 2 is 1.77 bits per heavy atom. The zero-order valence-electron chi connectivity index (χ0n) is 17.7. The number of nitrogens with two attached hydrogens (primary N) is 2. The van der Waals surface area contributed by atoms with Gasteiger partial charge in [-0.15, -0.1) is 0 Å². The lowest BCUT2D eigenvalue weighted by Crippen LogP contribution is -2.58. The van der Waals surface area contributed by atoms with E-state index in [0.29, 0.717) is 25.8 Å². The quantitative estimate of drug-likeness (QED) is 0.271. The van der Waals surface area contributed by atoms with Gasteiger partial charge in [0.25, 0.3) is 0 Å². The molecule has 1 saturated heterocycles. The summed E-state index contributed by atoms with van der Waals surface area (Å²) in [6.07, 6.45) is 1.28. The van der Waals surface area contributed by atoms with Crippen molar-refractivity contribution < 1.29 is 29.1 Å². The number of carbonyl (C=O) groups is 5. The summed E-state index contributed by atoms with van der Waals surface area (Å²) in [5.41, 5.74) is 10.7. The highest BCUT2D eigenvalue weighted by Gasteiger charge is 2.39. The topological polar surface area (TPSA) is 185 Å². The summed E-state index contributed by atoms with van der Waals surface area (Å²) in [6, 6.07) is -3.87. The molecule has 0 spiro atoms. The summed E-state index contributed by atoms with van der Waals surface area (Å²) in [7, 11) is 0. The van der Waals surface area contributed by atoms with Gasteiger partial charge in [0.2, 0.25) is 23.6 Å². The third kappa shape index (κ3) is 6.97. The summed E-state index contributed by atoms with van der Waals surface area (Å²) in [4.78, 5) is 61.8. The van der Waals surface area contributed by atoms with Gasteiger partial charge in [-0.1, -0.05) is 20.3 Å². The molecule has 0 aromatic rings. The number of hydrogen-bond acceptors (Lipinski definition) is 6. The molecule has 5 unspecified atom stereocenters. The Labute approximate surface area is 175 Å². The molecule has 1 aliphatic heterocycles. The molecule has 7 N–H and O–H groups in total. The summed E-state index contributed by atoms with van der Waals surface area (Å²) in [6.45, 7) is 5.36. The first kappa shape index (κ1) is 25.3. The van der Waals surface area contributed by atoms with Crippen molar-refractivity contribution in [2.75, 3.05) is 6.54 Å². The molecule has 0 aromatic heterocycles. The maximum atomic E-state index is 13.1. The number of nitrogens with one attached hydrogen (secondary N) is 2. The van der Waals surface area contributed by atoms with E-state index in [2.05, 4.69) is 10.6 Å². The number of carbonyl (C=O) groups excluding carboxylic acids is 4. The van der Waals surface area contributed by atoms with Gasteiger partial charge >= 0.3 is 5.97 Å². The first-order chi connectivity index (χ1) is 14.0. The third-order valence-corrected chi connectivity index (χ3v) is 5.32. The van der Waals surface area contributed by atoms with Crippen LogP contribution < -0.4 is 22.1 Å². The van der Waals surface area contributed by atoms with E-state index in [0.717, 1.165) is 0 Å². The van der Waals surface area contributed by atoms with Crippen LogP contribution in [0.5, 0.6) is 0 Å². The first-order valence-corrected chi connectivity index (χ1v) is 10.2. The van der Waals surface area contributed by atoms with E-state index in [1.54, 1.807) is 6.92 Å². The van der Waals surface area contributed by atoms with Crippen molar-refractivity contribution in [3.05, 3.63) is 0 Å². The second kappa shape index (κ2) is 11.5. The molecular weight excluding hydrogens is 394 g/mol. The van der Waals surface area contributed by atoms with Gasteiger partial charge in [-0.2, -0.15) is 0 Å². The molecule has 1 aliphatic rings. The van der Waals surface area contributed by atoms with Gasteiger partial charge in [0.1, 0.15) is 18.1 Å². The number of hydrogen-bond donors (Lipinski definition) is 5. The third-order valence-electron chi connectivity index (χ3n) is 5.32. The van der Waals surface area contributed by atoms with Crippen molar-refractivity contribution >= 4 is 29.6 Å². The van der Waals surface area contributed by atoms with Crippen molar-refractivity contribution in [3.63, 3.8) is 0 Å². The molecule has 0 saturated carbocycles. The number of primary amides is 1. The van der Waals surface area contributed by atoms with Crippen LogP contribution in [0, 0.1) is 5.92 Å². The Hall–Kier alpha value is -2.69. The van der Waals surface area contributed by atoms with Crippen LogP contribution in [0.4, 0.5) is 0 Å². The normalized spacial score (nSPS) is 20.0. The van der Waals surface area contributed by atoms with Crippen molar-refractivity contribution in [1.29, 1.82) is 0 Å². The largest absolute Gasteiger partial charge is 0.480 e. The maximum absolute atomic E-state index is 13.1. The molecular formula is C19H33N5O6. The fraction of sp³-hybridized carbons (Fsp3) is 0.737. The highest BCUT2D eigenvalue weighted by atomic mass is 16.4. The van der Waals surface area contributed by atoms with Crippen LogP contribution in [0.15, 0.2) is 0 Å². The SMILES string of the molecule is CCC(C)C(NC(=O)C(CCC(N)=O)NC(=O)C(C)N)C(=O)N1CCCC1C(=O)O. The second-order valence-corrected chi connectivity index (χ2v) is 7.75. The molecule has 0 aliphatic carbocycles. The van der Waals surface area contributed by atoms with Gasteiger partial charge < -0.3 is 32.1 Å². The minimum absolute atomic E-state index is 0.0531. The molecule has 0 radical (unpaired) electrons. The lowest BCUT2D eigenvalue weighted by atomic mass is 9.96. The fourth-order valence-electron chi connectivity index (χ4n) is 3.26. The standard InChI is InChI=1S/C19H33N5O6/c1-4-10(2)15(18(28)24-9-5-6-13(24)19(29)30)23-17(27)12(7-8-14(21)25)22-16(26)11(3)20/h10-13,15H,4-9,20H2,1-3H3,(H2,21,25)(H,22,26)(H,23,27)(H,29,30). The Morgan fingerprint density at radius 1 is 1.13 bits per heavy atom. The lowest BCUT2D eigenvalue weighted by Gasteiger charge is -2.31. The molecule has 0 aromatic carbocycles. The number of carboxylic acid groups (broad SMARTS) is 1. The van der Waals surface area contributed by atoms with E-state index in [1.165, 1.54) is 11.8 Å². The van der Waals surface area contributed by atoms with Crippen molar-refractivity contribution in [1.82, 2.24) is 15.5 Å². The van der Waals surface area contributed by atoms with E-state index in [9.17, 15) is 29.1 Å². The Bertz CT molecular complexity index is 668. The average Bonchev–Trinajstić information content (AvgIpc) is 3.17. The molecule has 170 valence electrons. The predicted molar refractivity (Wildman–Crippen MR) is 108 cm³/mol. The van der Waals surface area contributed by atoms with E-state index < -0.39 is 53.8 Å². The minimum Gasteiger partial charge on any atom is -0.480 e. The van der Waals surface area contributed by atoms with Crippen LogP contribution in [0.1, 0.15) is 52.9 Å². The molecule has 11 nitrogen and oxygen atoms in total. The molecule has 11 heteroatoms. The van der Waals surface area contributed by atoms with Gasteiger partial charge in [0.15, 0.2) is 0 Å². The summed E-state index contributed by atoms with van der Waals surface area (Å²) >= 11 is 0. The minimum atomic E-state index is -1.11. The molecule has 5 atom stereocenters. The van der Waals surface area contributed by atoms with Crippen LogP contribution in [0.3, 0.4) is 0 Å². The maximum Gasteiger partial charge on any atom is 0.326 e. The van der Waals surface area contributed by atoms with Gasteiger partial charge in [-0.3, -0.25) is 19.2 Å². The van der Waals surface area contributed by atoms with E-state index in [4.69, 9.17) is 11.5 Å². The molecule has 1 rings (SSSR count). The van der Waals surface area contributed by atoms with E-state index in [1.807, 2.05) is 6.92 Å². The van der Waals surface area contributed by atoms with E-state index >= 15 is 0 Å². The molecule has 4 amide bonds. The van der Waals surface area contributed by atoms with Crippen molar-refractivity contribution in [3.8, 4) is 0 Å². The van der Waals surface area contributed by atoms with Crippen LogP contribution in [0.25, 0.3) is 0 Å². The summed E-state index contributed by atoms with van der Waals surface area (Å²) < 4.78 is 0. The smallest absolute Gasteiger partial charge is 0.326 e. The van der Waals surface area contributed by atoms with Crippen LogP contribution in [-0.2, 0) is 24.0 Å². The molecule has 0 bridgehead atoms. The van der Waals surface area contributed by atoms with Crippen molar-refractivity contribution in [2.45, 2.75) is 77.0 Å². The monoisotopic (exact) mass is 427 g/mol. The highest BCUT2D eigenvalue weighted by molar-refractivity contribution is 5.94. The molecule has 30 heavy (non-hydrogen) atoms. The number of rotatable bonds is 11. The van der Waals surface area contributed by atoms with Crippen LogP contribution in [0.2, 0.25) is 0 Å². The van der Waals surface area contributed by atoms with Gasteiger partial charge in [-0.05, 0) is 32.1 Å². The number of likely N-dealkylation sites (tertiary alicyclic amines) is 1. The molecule has 1 fully saturated rings. The fourth-order valence-corrected chi connectivity index (χ4v) is 3.26. The predicted octanol–water partition coefficient (Wildman–Crippen LogP) is -1.31. The number of aliphatic carboxylic acids is 1. The zero-order chi connectivity index (χ0) is 23.0. The van der Waals surface area contributed by atoms with E-state index in [-0.39, 0.29) is 18.8 Å². The first-order valence-electron chi connectivity index (χ1n) is 10.2. The Kier molecular flexibility index (Phi) is 9.70. The molecule has 1 heterocycles. The van der Waals surface area contributed by atoms with Crippen LogP contribution in [-0.4, -0.2) is 70.3 Å².